The van der Waals surface area contributed by atoms with Crippen molar-refractivity contribution in [2.24, 2.45) is 14.1 Å². The Morgan fingerprint density at radius 3 is 2.46 bits per heavy atom. The van der Waals surface area contributed by atoms with E-state index in [1.165, 1.54) is 5.56 Å². The van der Waals surface area contributed by atoms with Crippen molar-refractivity contribution < 1.29 is 4.68 Å². The molecule has 3 heteroatoms. The third kappa shape index (κ3) is 1.45. The van der Waals surface area contributed by atoms with Gasteiger partial charge in [-0.15, -0.1) is 9.36 Å². The van der Waals surface area contributed by atoms with E-state index in [9.17, 15) is 0 Å². The first-order chi connectivity index (χ1) is 6.27. The third-order valence-electron chi connectivity index (χ3n) is 2.00. The van der Waals surface area contributed by atoms with Crippen LogP contribution < -0.4 is 4.68 Å². The lowest BCUT2D eigenvalue weighted by molar-refractivity contribution is -0.732. The highest BCUT2D eigenvalue weighted by atomic mass is 15.5. The summed E-state index contributed by atoms with van der Waals surface area (Å²) in [7, 11) is 3.87. The summed E-state index contributed by atoms with van der Waals surface area (Å²) in [6.45, 7) is 0. The molecule has 0 aliphatic heterocycles. The zero-order valence-electron chi connectivity index (χ0n) is 7.81. The van der Waals surface area contributed by atoms with Crippen LogP contribution in [-0.4, -0.2) is 9.90 Å². The molecular weight excluding hydrogens is 162 g/mol. The normalized spacial score (nSPS) is 10.3. The van der Waals surface area contributed by atoms with Crippen molar-refractivity contribution in [3.63, 3.8) is 0 Å². The molecule has 66 valence electrons. The summed E-state index contributed by atoms with van der Waals surface area (Å²) in [4.78, 5) is 0. The molecular formula is C10H12N3+. The molecule has 0 aliphatic rings. The van der Waals surface area contributed by atoms with E-state index in [2.05, 4.69) is 17.3 Å². The van der Waals surface area contributed by atoms with Gasteiger partial charge in [0.25, 0.3) is 0 Å². The Morgan fingerprint density at radius 2 is 1.92 bits per heavy atom. The molecule has 0 aliphatic carbocycles. The highest BCUT2D eigenvalue weighted by Crippen LogP contribution is 2.14. The molecule has 0 saturated heterocycles. The van der Waals surface area contributed by atoms with Crippen LogP contribution in [0.4, 0.5) is 0 Å². The molecule has 0 amide bonds. The summed E-state index contributed by atoms with van der Waals surface area (Å²) in [6, 6.07) is 10.2. The maximum atomic E-state index is 4.22. The average Bonchev–Trinajstić information content (AvgIpc) is 2.47. The lowest BCUT2D eigenvalue weighted by Gasteiger charge is -1.92. The lowest BCUT2D eigenvalue weighted by Crippen LogP contribution is -2.29. The summed E-state index contributed by atoms with van der Waals surface area (Å²) in [5.41, 5.74) is 2.32. The number of hydrogen-bond donors (Lipinski definition) is 0. The van der Waals surface area contributed by atoms with Gasteiger partial charge in [0.05, 0.1) is 5.21 Å². The molecule has 2 aromatic rings. The molecule has 0 unspecified atom stereocenters. The topological polar surface area (TPSA) is 21.7 Å². The molecule has 1 aromatic heterocycles. The van der Waals surface area contributed by atoms with Gasteiger partial charge in [0.15, 0.2) is 11.9 Å². The molecule has 13 heavy (non-hydrogen) atoms. The van der Waals surface area contributed by atoms with Gasteiger partial charge in [-0.25, -0.2) is 0 Å². The van der Waals surface area contributed by atoms with Crippen molar-refractivity contribution in [2.45, 2.75) is 0 Å². The Labute approximate surface area is 77.2 Å². The third-order valence-corrected chi connectivity index (χ3v) is 2.00. The molecule has 2 rings (SSSR count). The SMILES string of the molecule is Cn1n[n+](C)cc1-c1ccccc1. The van der Waals surface area contributed by atoms with Crippen molar-refractivity contribution in [2.75, 3.05) is 0 Å². The van der Waals surface area contributed by atoms with Gasteiger partial charge in [-0.2, -0.15) is 0 Å². The van der Waals surface area contributed by atoms with Gasteiger partial charge in [-0.1, -0.05) is 30.3 Å². The summed E-state index contributed by atoms with van der Waals surface area (Å²) in [6.07, 6.45) is 2.01. The Kier molecular flexibility index (Phi) is 1.85. The van der Waals surface area contributed by atoms with Crippen molar-refractivity contribution in [1.29, 1.82) is 0 Å². The molecule has 0 N–H and O–H groups in total. The second kappa shape index (κ2) is 3.01. The maximum Gasteiger partial charge on any atom is 0.197 e. The summed E-state index contributed by atoms with van der Waals surface area (Å²) >= 11 is 0. The van der Waals surface area contributed by atoms with Crippen LogP contribution in [0.15, 0.2) is 36.5 Å². The van der Waals surface area contributed by atoms with E-state index < -0.39 is 0 Å². The van der Waals surface area contributed by atoms with Gasteiger partial charge in [0.2, 0.25) is 0 Å². The van der Waals surface area contributed by atoms with Gasteiger partial charge >= 0.3 is 0 Å². The van der Waals surface area contributed by atoms with E-state index in [0.29, 0.717) is 0 Å². The van der Waals surface area contributed by atoms with E-state index in [1.807, 2.05) is 47.9 Å². The van der Waals surface area contributed by atoms with Crippen LogP contribution in [0.5, 0.6) is 0 Å². The monoisotopic (exact) mass is 174 g/mol. The fourth-order valence-corrected chi connectivity index (χ4v) is 1.42. The van der Waals surface area contributed by atoms with Crippen molar-refractivity contribution in [3.8, 4) is 11.3 Å². The standard InChI is InChI=1S/C10H12N3/c1-12-8-10(13(2)11-12)9-6-4-3-5-7-9/h3-8H,1-2H3/q+1. The van der Waals surface area contributed by atoms with E-state index in [1.54, 1.807) is 0 Å². The minimum Gasteiger partial charge on any atom is -0.140 e. The number of hydrogen-bond acceptors (Lipinski definition) is 1. The zero-order valence-corrected chi connectivity index (χ0v) is 7.81. The van der Waals surface area contributed by atoms with Crippen molar-refractivity contribution in [3.05, 3.63) is 36.5 Å². The molecule has 1 aromatic carbocycles. The summed E-state index contributed by atoms with van der Waals surface area (Å²) in [5.74, 6) is 0. The average molecular weight is 174 g/mol. The first-order valence-corrected chi connectivity index (χ1v) is 4.23. The molecule has 0 atom stereocenters. The van der Waals surface area contributed by atoms with E-state index in [0.717, 1.165) is 5.69 Å². The quantitative estimate of drug-likeness (QED) is 0.589. The first kappa shape index (κ1) is 7.98. The Balaban J connectivity index is 2.53. The minimum absolute atomic E-state index is 1.13. The van der Waals surface area contributed by atoms with Crippen LogP contribution in [-0.2, 0) is 14.1 Å². The first-order valence-electron chi connectivity index (χ1n) is 4.23. The van der Waals surface area contributed by atoms with Gasteiger partial charge in [0, 0.05) is 5.56 Å². The van der Waals surface area contributed by atoms with E-state index >= 15 is 0 Å². The van der Waals surface area contributed by atoms with Gasteiger partial charge < -0.3 is 0 Å². The number of aromatic nitrogens is 3. The summed E-state index contributed by atoms with van der Waals surface area (Å²) in [5, 5.41) is 4.22. The summed E-state index contributed by atoms with van der Waals surface area (Å²) < 4.78 is 3.68. The number of aryl methyl sites for hydroxylation is 2. The lowest BCUT2D eigenvalue weighted by atomic mass is 10.2. The van der Waals surface area contributed by atoms with Crippen molar-refractivity contribution >= 4 is 0 Å². The molecule has 0 spiro atoms. The predicted molar refractivity (Wildman–Crippen MR) is 49.8 cm³/mol. The van der Waals surface area contributed by atoms with Crippen LogP contribution >= 0.6 is 0 Å². The molecule has 0 fully saturated rings. The minimum atomic E-state index is 1.13. The largest absolute Gasteiger partial charge is 0.197 e. The van der Waals surface area contributed by atoms with Crippen LogP contribution in [0.2, 0.25) is 0 Å². The Hall–Kier alpha value is -1.64. The van der Waals surface area contributed by atoms with Crippen molar-refractivity contribution in [1.82, 2.24) is 9.90 Å². The highest BCUT2D eigenvalue weighted by Gasteiger charge is 2.10. The second-order valence-corrected chi connectivity index (χ2v) is 3.07. The number of nitrogens with zero attached hydrogens (tertiary/aromatic N) is 3. The van der Waals surface area contributed by atoms with Gasteiger partial charge in [-0.3, -0.25) is 0 Å². The number of rotatable bonds is 1. The van der Waals surface area contributed by atoms with E-state index in [-0.39, 0.29) is 0 Å². The van der Waals surface area contributed by atoms with Crippen LogP contribution in [0.25, 0.3) is 11.3 Å². The van der Waals surface area contributed by atoms with E-state index in [4.69, 9.17) is 0 Å². The number of benzene rings is 1. The van der Waals surface area contributed by atoms with Crippen LogP contribution in [0.1, 0.15) is 0 Å². The fraction of sp³-hybridized carbons (Fsp3) is 0.200. The predicted octanol–water partition coefficient (Wildman–Crippen LogP) is 0.912. The molecule has 0 bridgehead atoms. The smallest absolute Gasteiger partial charge is 0.140 e. The fourth-order valence-electron chi connectivity index (χ4n) is 1.42. The zero-order chi connectivity index (χ0) is 9.26. The molecule has 3 nitrogen and oxygen atoms in total. The highest BCUT2D eigenvalue weighted by molar-refractivity contribution is 5.56. The van der Waals surface area contributed by atoms with Gasteiger partial charge in [0.1, 0.15) is 14.1 Å². The van der Waals surface area contributed by atoms with Gasteiger partial charge in [-0.05, 0) is 0 Å². The second-order valence-electron chi connectivity index (χ2n) is 3.07. The van der Waals surface area contributed by atoms with Crippen LogP contribution in [0, 0.1) is 0 Å². The molecule has 1 heterocycles. The van der Waals surface area contributed by atoms with Crippen LogP contribution in [0.3, 0.4) is 0 Å². The maximum absolute atomic E-state index is 4.22. The Bertz CT molecular complexity index is 403. The molecule has 0 saturated carbocycles. The Morgan fingerprint density at radius 1 is 1.23 bits per heavy atom. The molecule has 0 radical (unpaired) electrons.